The van der Waals surface area contributed by atoms with E-state index in [1.54, 1.807) is 0 Å². The molecule has 0 bridgehead atoms. The zero-order chi connectivity index (χ0) is 20.5. The van der Waals surface area contributed by atoms with E-state index in [4.69, 9.17) is 5.73 Å². The van der Waals surface area contributed by atoms with E-state index < -0.39 is 5.91 Å². The lowest BCUT2D eigenvalue weighted by molar-refractivity contribution is -0.113. The van der Waals surface area contributed by atoms with Crippen LogP contribution >= 0.6 is 23.1 Å². The van der Waals surface area contributed by atoms with Crippen molar-refractivity contribution in [3.05, 3.63) is 51.7 Å². The van der Waals surface area contributed by atoms with Crippen LogP contribution in [0.3, 0.4) is 0 Å². The van der Waals surface area contributed by atoms with Gasteiger partial charge in [0.1, 0.15) is 10.8 Å². The van der Waals surface area contributed by atoms with E-state index in [-0.39, 0.29) is 11.7 Å². The molecule has 7 nitrogen and oxygen atoms in total. The number of rotatable bonds is 6. The maximum Gasteiger partial charge on any atom is 0.251 e. The fourth-order valence-electron chi connectivity index (χ4n) is 3.47. The molecule has 1 aliphatic rings. The highest BCUT2D eigenvalue weighted by Crippen LogP contribution is 2.39. The topological polar surface area (TPSA) is 103 Å². The van der Waals surface area contributed by atoms with Gasteiger partial charge < -0.3 is 11.1 Å². The van der Waals surface area contributed by atoms with E-state index in [9.17, 15) is 9.59 Å². The summed E-state index contributed by atoms with van der Waals surface area (Å²) in [6, 6.07) is 8.05. The predicted molar refractivity (Wildman–Crippen MR) is 115 cm³/mol. The van der Waals surface area contributed by atoms with Gasteiger partial charge >= 0.3 is 0 Å². The van der Waals surface area contributed by atoms with Crippen LogP contribution in [0.1, 0.15) is 38.6 Å². The van der Waals surface area contributed by atoms with Crippen molar-refractivity contribution in [3.63, 3.8) is 0 Å². The quantitative estimate of drug-likeness (QED) is 0.588. The number of aromatic nitrogens is 3. The maximum atomic E-state index is 12.6. The van der Waals surface area contributed by atoms with Crippen molar-refractivity contribution < 1.29 is 9.59 Å². The summed E-state index contributed by atoms with van der Waals surface area (Å²) >= 11 is 2.76. The van der Waals surface area contributed by atoms with E-state index in [2.05, 4.69) is 15.5 Å². The number of hydrogen-bond donors (Lipinski definition) is 2. The normalized spacial score (nSPS) is 12.8. The Bertz CT molecular complexity index is 1090. The van der Waals surface area contributed by atoms with Crippen LogP contribution in [0.5, 0.6) is 0 Å². The molecule has 2 aromatic heterocycles. The van der Waals surface area contributed by atoms with Gasteiger partial charge in [-0.25, -0.2) is 0 Å². The fourth-order valence-corrected chi connectivity index (χ4v) is 5.58. The van der Waals surface area contributed by atoms with Gasteiger partial charge in [-0.05, 0) is 50.8 Å². The van der Waals surface area contributed by atoms with Crippen molar-refractivity contribution in [1.29, 1.82) is 0 Å². The number of anilines is 1. The van der Waals surface area contributed by atoms with Gasteiger partial charge in [0.15, 0.2) is 5.16 Å². The van der Waals surface area contributed by atoms with Crippen LogP contribution in [0.4, 0.5) is 5.00 Å². The summed E-state index contributed by atoms with van der Waals surface area (Å²) in [5, 5.41) is 12.4. The number of aryl methyl sites for hydroxylation is 3. The van der Waals surface area contributed by atoms with Crippen LogP contribution in [0.25, 0.3) is 5.69 Å². The Morgan fingerprint density at radius 3 is 2.69 bits per heavy atom. The van der Waals surface area contributed by atoms with Gasteiger partial charge in [0.2, 0.25) is 5.91 Å². The monoisotopic (exact) mass is 427 g/mol. The minimum atomic E-state index is -0.484. The van der Waals surface area contributed by atoms with Gasteiger partial charge in [0.05, 0.1) is 11.3 Å². The minimum Gasteiger partial charge on any atom is -0.365 e. The SMILES string of the molecule is Cc1ccc(-n2c(C)nnc2SCC(=O)Nc2sc3c(c2C(N)=O)CCC3)cc1. The lowest BCUT2D eigenvalue weighted by Gasteiger charge is -2.09. The number of benzene rings is 1. The van der Waals surface area contributed by atoms with Gasteiger partial charge in [0.25, 0.3) is 5.91 Å². The Morgan fingerprint density at radius 2 is 1.97 bits per heavy atom. The molecule has 150 valence electrons. The fraction of sp³-hybridized carbons (Fsp3) is 0.300. The number of nitrogens with one attached hydrogen (secondary N) is 1. The van der Waals surface area contributed by atoms with Crippen LogP contribution in [-0.4, -0.2) is 32.3 Å². The molecular weight excluding hydrogens is 406 g/mol. The molecule has 1 aliphatic carbocycles. The Hall–Kier alpha value is -2.65. The van der Waals surface area contributed by atoms with Crippen molar-refractivity contribution in [2.45, 2.75) is 38.3 Å². The number of thioether (sulfide) groups is 1. The molecule has 0 saturated heterocycles. The Balaban J connectivity index is 1.48. The van der Waals surface area contributed by atoms with Crippen molar-refractivity contribution in [1.82, 2.24) is 14.8 Å². The van der Waals surface area contributed by atoms with E-state index in [1.165, 1.54) is 28.7 Å². The smallest absolute Gasteiger partial charge is 0.251 e. The highest BCUT2D eigenvalue weighted by Gasteiger charge is 2.26. The third-order valence-corrected chi connectivity index (χ3v) is 6.98. The standard InChI is InChI=1S/C20H21N5O2S2/c1-11-6-8-13(9-7-11)25-12(2)23-24-20(25)28-10-16(26)22-19-17(18(21)27)14-4-3-5-15(14)29-19/h6-9H,3-5,10H2,1-2H3,(H2,21,27)(H,22,26). The molecule has 3 aromatic rings. The van der Waals surface area contributed by atoms with E-state index in [0.29, 0.717) is 15.7 Å². The van der Waals surface area contributed by atoms with Crippen molar-refractivity contribution in [3.8, 4) is 5.69 Å². The molecule has 0 fully saturated rings. The third-order valence-electron chi connectivity index (χ3n) is 4.84. The minimum absolute atomic E-state index is 0.158. The van der Waals surface area contributed by atoms with Crippen LogP contribution < -0.4 is 11.1 Å². The molecule has 2 amide bonds. The number of amides is 2. The number of primary amides is 1. The second-order valence-corrected chi connectivity index (χ2v) is 9.01. The number of thiophene rings is 1. The van der Waals surface area contributed by atoms with Crippen molar-refractivity contribution >= 4 is 39.9 Å². The number of carbonyl (C=O) groups is 2. The molecule has 0 aliphatic heterocycles. The first-order valence-corrected chi connectivity index (χ1v) is 11.1. The third kappa shape index (κ3) is 3.92. The Labute approximate surface area is 176 Å². The second-order valence-electron chi connectivity index (χ2n) is 6.96. The average molecular weight is 428 g/mol. The average Bonchev–Trinajstić information content (AvgIpc) is 3.35. The summed E-state index contributed by atoms with van der Waals surface area (Å²) in [5.41, 5.74) is 9.15. The maximum absolute atomic E-state index is 12.6. The van der Waals surface area contributed by atoms with Gasteiger partial charge in [0, 0.05) is 10.6 Å². The molecule has 2 heterocycles. The Kier molecular flexibility index (Phi) is 5.42. The van der Waals surface area contributed by atoms with Crippen molar-refractivity contribution in [2.75, 3.05) is 11.1 Å². The van der Waals surface area contributed by atoms with E-state index in [0.717, 1.165) is 41.2 Å². The summed E-state index contributed by atoms with van der Waals surface area (Å²) in [6.45, 7) is 3.91. The molecule has 0 atom stereocenters. The largest absolute Gasteiger partial charge is 0.365 e. The number of nitrogens with two attached hydrogens (primary N) is 1. The summed E-state index contributed by atoms with van der Waals surface area (Å²) in [5.74, 6) is 0.225. The molecule has 0 radical (unpaired) electrons. The lowest BCUT2D eigenvalue weighted by Crippen LogP contribution is -2.19. The molecule has 4 rings (SSSR count). The second kappa shape index (κ2) is 8.00. The predicted octanol–water partition coefficient (Wildman–Crippen LogP) is 3.26. The Morgan fingerprint density at radius 1 is 1.21 bits per heavy atom. The zero-order valence-corrected chi connectivity index (χ0v) is 17.8. The molecule has 0 unspecified atom stereocenters. The summed E-state index contributed by atoms with van der Waals surface area (Å²) < 4.78 is 1.92. The van der Waals surface area contributed by atoms with E-state index >= 15 is 0 Å². The van der Waals surface area contributed by atoms with Gasteiger partial charge in [-0.3, -0.25) is 14.2 Å². The highest BCUT2D eigenvalue weighted by atomic mass is 32.2. The van der Waals surface area contributed by atoms with Crippen LogP contribution in [-0.2, 0) is 17.6 Å². The molecule has 9 heteroatoms. The molecule has 29 heavy (non-hydrogen) atoms. The molecular formula is C20H21N5O2S2. The first-order chi connectivity index (χ1) is 13.9. The first kappa shape index (κ1) is 19.7. The molecule has 0 saturated carbocycles. The van der Waals surface area contributed by atoms with Gasteiger partial charge in [-0.1, -0.05) is 29.5 Å². The molecule has 3 N–H and O–H groups in total. The molecule has 1 aromatic carbocycles. The van der Waals surface area contributed by atoms with Crippen molar-refractivity contribution in [2.24, 2.45) is 5.73 Å². The number of nitrogens with zero attached hydrogens (tertiary/aromatic N) is 3. The summed E-state index contributed by atoms with van der Waals surface area (Å²) in [7, 11) is 0. The zero-order valence-electron chi connectivity index (χ0n) is 16.2. The summed E-state index contributed by atoms with van der Waals surface area (Å²) in [6.07, 6.45) is 2.80. The van der Waals surface area contributed by atoms with Gasteiger partial charge in [-0.15, -0.1) is 21.5 Å². The lowest BCUT2D eigenvalue weighted by atomic mass is 10.1. The van der Waals surface area contributed by atoms with Gasteiger partial charge in [-0.2, -0.15) is 0 Å². The first-order valence-electron chi connectivity index (χ1n) is 9.30. The number of fused-ring (bicyclic) bond motifs is 1. The summed E-state index contributed by atoms with van der Waals surface area (Å²) in [4.78, 5) is 25.6. The number of hydrogen-bond acceptors (Lipinski definition) is 6. The van der Waals surface area contributed by atoms with E-state index in [1.807, 2.05) is 42.7 Å². The van der Waals surface area contributed by atoms with Crippen LogP contribution in [0, 0.1) is 13.8 Å². The van der Waals surface area contributed by atoms with Crippen LogP contribution in [0.15, 0.2) is 29.4 Å². The molecule has 0 spiro atoms. The highest BCUT2D eigenvalue weighted by molar-refractivity contribution is 7.99. The van der Waals surface area contributed by atoms with Crippen LogP contribution in [0.2, 0.25) is 0 Å². The number of carbonyl (C=O) groups excluding carboxylic acids is 2.